The Morgan fingerprint density at radius 1 is 0.944 bits per heavy atom. The zero-order chi connectivity index (χ0) is 26.9. The number of ether oxygens (including phenoxy) is 4. The molecule has 0 unspecified atom stereocenters. The van der Waals surface area contributed by atoms with Gasteiger partial charge in [-0.2, -0.15) is 0 Å². The summed E-state index contributed by atoms with van der Waals surface area (Å²) < 4.78 is 22.3. The van der Waals surface area contributed by atoms with Crippen molar-refractivity contribution in [2.75, 3.05) is 24.2 Å². The van der Waals surface area contributed by atoms with E-state index in [1.807, 2.05) is 50.2 Å². The van der Waals surface area contributed by atoms with Crippen molar-refractivity contribution in [3.63, 3.8) is 0 Å². The summed E-state index contributed by atoms with van der Waals surface area (Å²) in [5, 5.41) is 10.7. The van der Waals surface area contributed by atoms with Gasteiger partial charge in [0.25, 0.3) is 0 Å². The Hall–Kier alpha value is -1.75. The second-order valence-electron chi connectivity index (χ2n) is 8.71. The first-order chi connectivity index (χ1) is 16.9. The third-order valence-corrected chi connectivity index (χ3v) is 6.58. The maximum absolute atomic E-state index is 11.3. The molecule has 0 heterocycles. The number of esters is 2. The molecule has 0 aliphatic heterocycles. The van der Waals surface area contributed by atoms with Gasteiger partial charge in [0.2, 0.25) is 0 Å². The number of halogens is 3. The van der Waals surface area contributed by atoms with E-state index < -0.39 is 29.6 Å². The third-order valence-electron chi connectivity index (χ3n) is 5.40. The third kappa shape index (κ3) is 9.28. The lowest BCUT2D eigenvalue weighted by atomic mass is 9.78. The number of hydrogen-bond donors (Lipinski definition) is 1. The fourth-order valence-electron chi connectivity index (χ4n) is 3.33. The molecule has 198 valence electrons. The fourth-order valence-corrected chi connectivity index (χ4v) is 4.65. The number of alkyl halides is 1. The highest BCUT2D eigenvalue weighted by Gasteiger charge is 2.26. The summed E-state index contributed by atoms with van der Waals surface area (Å²) in [6.45, 7) is 6.73. The molecule has 2 aromatic carbocycles. The summed E-state index contributed by atoms with van der Waals surface area (Å²) in [5.74, 6) is -0.0321. The van der Waals surface area contributed by atoms with E-state index in [1.165, 1.54) is 13.8 Å². The number of aliphatic hydroxyl groups excluding tert-OH is 1. The van der Waals surface area contributed by atoms with Crippen molar-refractivity contribution in [1.29, 1.82) is 0 Å². The van der Waals surface area contributed by atoms with Crippen LogP contribution >= 0.6 is 45.8 Å². The highest BCUT2D eigenvalue weighted by Crippen LogP contribution is 2.40. The van der Waals surface area contributed by atoms with Gasteiger partial charge in [-0.3, -0.25) is 9.59 Å². The van der Waals surface area contributed by atoms with E-state index in [0.717, 1.165) is 15.6 Å². The molecular weight excluding hydrogens is 622 g/mol. The van der Waals surface area contributed by atoms with Crippen LogP contribution < -0.4 is 9.47 Å². The number of hydrogen-bond acceptors (Lipinski definition) is 7. The van der Waals surface area contributed by atoms with Crippen LogP contribution in [0.1, 0.15) is 45.2 Å². The van der Waals surface area contributed by atoms with Gasteiger partial charge < -0.3 is 24.1 Å². The SMILES string of the molecule is CC(=O)OC[C@@H](COc1ccc(C(C)(C)c2cc(Cl)c(OC[C@@H](O)CCI)c(Cl)c2)cc1)OC(C)=O. The molecule has 0 fully saturated rings. The van der Waals surface area contributed by atoms with Gasteiger partial charge >= 0.3 is 11.9 Å². The quantitative estimate of drug-likeness (QED) is 0.167. The van der Waals surface area contributed by atoms with E-state index in [9.17, 15) is 14.7 Å². The van der Waals surface area contributed by atoms with Crippen LogP contribution in [0.2, 0.25) is 10.0 Å². The predicted molar refractivity (Wildman–Crippen MR) is 148 cm³/mol. The van der Waals surface area contributed by atoms with E-state index in [1.54, 1.807) is 0 Å². The van der Waals surface area contributed by atoms with Crippen LogP contribution in [0.5, 0.6) is 11.5 Å². The number of carbonyl (C=O) groups excluding carboxylic acids is 2. The van der Waals surface area contributed by atoms with Crippen molar-refractivity contribution in [1.82, 2.24) is 0 Å². The van der Waals surface area contributed by atoms with Crippen molar-refractivity contribution in [3.8, 4) is 11.5 Å². The van der Waals surface area contributed by atoms with Gasteiger partial charge in [-0.15, -0.1) is 0 Å². The standard InChI is InChI=1S/C26H31Cl2IO7/c1-16(30)33-14-22(36-17(2)31)15-34-21-7-5-18(6-8-21)26(3,4)19-11-23(27)25(24(28)12-19)35-13-20(32)9-10-29/h5-8,11-12,20,22,32H,9-10,13-15H2,1-4H3/t20-,22-/m0/s1. The molecule has 0 aromatic heterocycles. The molecule has 36 heavy (non-hydrogen) atoms. The summed E-state index contributed by atoms with van der Waals surface area (Å²) in [7, 11) is 0. The molecule has 0 radical (unpaired) electrons. The highest BCUT2D eigenvalue weighted by atomic mass is 127. The monoisotopic (exact) mass is 652 g/mol. The van der Waals surface area contributed by atoms with Crippen LogP contribution in [0, 0.1) is 0 Å². The molecular formula is C26H31Cl2IO7. The van der Waals surface area contributed by atoms with Gasteiger partial charge in [0.1, 0.15) is 25.6 Å². The molecule has 0 aliphatic carbocycles. The van der Waals surface area contributed by atoms with Crippen LogP contribution in [0.25, 0.3) is 0 Å². The first kappa shape index (κ1) is 30.5. The fraction of sp³-hybridized carbons (Fsp3) is 0.462. The summed E-state index contributed by atoms with van der Waals surface area (Å²) in [5.41, 5.74) is 1.44. The molecule has 0 saturated heterocycles. The maximum atomic E-state index is 11.3. The molecule has 0 amide bonds. The molecule has 7 nitrogen and oxygen atoms in total. The number of benzene rings is 2. The minimum atomic E-state index is -0.713. The minimum absolute atomic E-state index is 0.0365. The average molecular weight is 653 g/mol. The lowest BCUT2D eigenvalue weighted by Gasteiger charge is -2.27. The minimum Gasteiger partial charge on any atom is -0.490 e. The lowest BCUT2D eigenvalue weighted by molar-refractivity contribution is -0.158. The van der Waals surface area contributed by atoms with Crippen LogP contribution in [0.3, 0.4) is 0 Å². The van der Waals surface area contributed by atoms with E-state index in [0.29, 0.717) is 28.0 Å². The lowest BCUT2D eigenvalue weighted by Crippen LogP contribution is -2.29. The normalized spacial score (nSPS) is 13.0. The van der Waals surface area contributed by atoms with Crippen molar-refractivity contribution in [2.24, 2.45) is 0 Å². The number of aliphatic hydroxyl groups is 1. The Morgan fingerprint density at radius 3 is 2.08 bits per heavy atom. The average Bonchev–Trinajstić information content (AvgIpc) is 2.80. The molecule has 0 aliphatic rings. The van der Waals surface area contributed by atoms with Crippen molar-refractivity contribution < 1.29 is 33.6 Å². The van der Waals surface area contributed by atoms with Gasteiger partial charge in [-0.05, 0) is 41.8 Å². The number of rotatable bonds is 13. The van der Waals surface area contributed by atoms with Gasteiger partial charge in [0.05, 0.1) is 16.1 Å². The van der Waals surface area contributed by atoms with Gasteiger partial charge in [-0.25, -0.2) is 0 Å². The van der Waals surface area contributed by atoms with E-state index in [-0.39, 0.29) is 19.8 Å². The van der Waals surface area contributed by atoms with Crippen LogP contribution in [-0.4, -0.2) is 53.5 Å². The van der Waals surface area contributed by atoms with Crippen molar-refractivity contribution in [3.05, 3.63) is 57.6 Å². The zero-order valence-corrected chi connectivity index (χ0v) is 24.4. The molecule has 0 bridgehead atoms. The molecule has 0 spiro atoms. The number of carbonyl (C=O) groups is 2. The smallest absolute Gasteiger partial charge is 0.303 e. The maximum Gasteiger partial charge on any atom is 0.303 e. The molecule has 1 N–H and O–H groups in total. The van der Waals surface area contributed by atoms with Crippen LogP contribution in [-0.2, 0) is 24.5 Å². The van der Waals surface area contributed by atoms with Crippen LogP contribution in [0.4, 0.5) is 0 Å². The molecule has 2 atom stereocenters. The van der Waals surface area contributed by atoms with Crippen molar-refractivity contribution in [2.45, 2.75) is 51.7 Å². The second-order valence-corrected chi connectivity index (χ2v) is 10.6. The van der Waals surface area contributed by atoms with E-state index in [2.05, 4.69) is 22.6 Å². The predicted octanol–water partition coefficient (Wildman–Crippen LogP) is 5.76. The van der Waals surface area contributed by atoms with E-state index >= 15 is 0 Å². The Morgan fingerprint density at radius 2 is 1.56 bits per heavy atom. The van der Waals surface area contributed by atoms with Gasteiger partial charge in [-0.1, -0.05) is 71.8 Å². The summed E-state index contributed by atoms with van der Waals surface area (Å²) in [6, 6.07) is 11.1. The second kappa shape index (κ2) is 14.3. The largest absolute Gasteiger partial charge is 0.490 e. The van der Waals surface area contributed by atoms with Crippen LogP contribution in [0.15, 0.2) is 36.4 Å². The highest BCUT2D eigenvalue weighted by molar-refractivity contribution is 14.1. The Kier molecular flexibility index (Phi) is 12.1. The molecule has 2 aromatic rings. The van der Waals surface area contributed by atoms with Gasteiger partial charge in [0.15, 0.2) is 11.9 Å². The summed E-state index contributed by atoms with van der Waals surface area (Å²) >= 11 is 15.2. The Bertz CT molecular complexity index is 1000. The van der Waals surface area contributed by atoms with Gasteiger partial charge in [0, 0.05) is 23.7 Å². The molecule has 10 heteroatoms. The Balaban J connectivity index is 2.11. The topological polar surface area (TPSA) is 91.3 Å². The zero-order valence-electron chi connectivity index (χ0n) is 20.7. The first-order valence-electron chi connectivity index (χ1n) is 11.3. The van der Waals surface area contributed by atoms with Crippen molar-refractivity contribution >= 4 is 57.7 Å². The summed E-state index contributed by atoms with van der Waals surface area (Å²) in [6.07, 6.45) is -0.677. The Labute approximate surface area is 235 Å². The first-order valence-corrected chi connectivity index (χ1v) is 13.6. The molecule has 2 rings (SSSR count). The summed E-state index contributed by atoms with van der Waals surface area (Å²) in [4.78, 5) is 22.4. The van der Waals surface area contributed by atoms with E-state index in [4.69, 9.17) is 42.1 Å². The molecule has 0 saturated carbocycles.